The van der Waals surface area contributed by atoms with Crippen LogP contribution in [0.4, 0.5) is 0 Å². The first-order chi connectivity index (χ1) is 19.5. The molecule has 11 heteroatoms. The lowest BCUT2D eigenvalue weighted by Gasteiger charge is -2.17. The third kappa shape index (κ3) is 5.74. The van der Waals surface area contributed by atoms with Gasteiger partial charge in [-0.2, -0.15) is 4.31 Å². The van der Waals surface area contributed by atoms with Crippen LogP contribution in [0, 0.1) is 0 Å². The predicted molar refractivity (Wildman–Crippen MR) is 154 cm³/mol. The second kappa shape index (κ2) is 11.3. The molecular weight excluding hydrogens is 564 g/mol. The van der Waals surface area contributed by atoms with E-state index in [1.54, 1.807) is 54.7 Å². The number of sulfone groups is 1. The molecule has 3 aromatic carbocycles. The molecule has 0 saturated carbocycles. The summed E-state index contributed by atoms with van der Waals surface area (Å²) in [5.74, 6) is -0.648. The van der Waals surface area contributed by atoms with Crippen LogP contribution in [0.25, 0.3) is 10.9 Å². The summed E-state index contributed by atoms with van der Waals surface area (Å²) in [6.07, 6.45) is 3.11. The van der Waals surface area contributed by atoms with E-state index in [4.69, 9.17) is 4.74 Å². The third-order valence-corrected chi connectivity index (χ3v) is 11.2. The molecule has 0 aliphatic carbocycles. The normalized spacial score (nSPS) is 17.1. The van der Waals surface area contributed by atoms with Gasteiger partial charge in [-0.3, -0.25) is 4.79 Å². The van der Waals surface area contributed by atoms with E-state index in [9.17, 15) is 26.7 Å². The second-order valence-electron chi connectivity index (χ2n) is 10.3. The number of carbonyl (C=O) groups is 1. The smallest absolute Gasteiger partial charge is 0.323 e. The maximum atomic E-state index is 13.4. The number of hydrogen-bond donors (Lipinski definition) is 1. The quantitative estimate of drug-likeness (QED) is 0.276. The molecule has 2 unspecified atom stereocenters. The van der Waals surface area contributed by atoms with E-state index in [1.807, 2.05) is 13.8 Å². The van der Waals surface area contributed by atoms with Gasteiger partial charge in [0.25, 0.3) is 0 Å². The maximum Gasteiger partial charge on any atom is 0.323 e. The summed E-state index contributed by atoms with van der Waals surface area (Å²) in [4.78, 5) is 12.0. The first-order valence-corrected chi connectivity index (χ1v) is 16.3. The molecule has 0 bridgehead atoms. The number of aliphatic carboxylic acids is 1. The van der Waals surface area contributed by atoms with E-state index in [-0.39, 0.29) is 39.8 Å². The first-order valence-electron chi connectivity index (χ1n) is 13.4. The van der Waals surface area contributed by atoms with Crippen molar-refractivity contribution in [2.45, 2.75) is 59.9 Å². The molecule has 1 saturated heterocycles. The Hall–Kier alpha value is -3.67. The molecule has 1 aliphatic heterocycles. The Balaban J connectivity index is 1.44. The molecule has 1 aliphatic rings. The summed E-state index contributed by atoms with van der Waals surface area (Å²) in [5, 5.41) is 10.2. The van der Waals surface area contributed by atoms with Gasteiger partial charge in [-0.05, 0) is 73.9 Å². The van der Waals surface area contributed by atoms with Gasteiger partial charge in [0.05, 0.1) is 26.3 Å². The number of nitrogens with zero attached hydrogens (tertiary/aromatic N) is 2. The lowest BCUT2D eigenvalue weighted by Crippen LogP contribution is -2.28. The molecule has 216 valence electrons. The van der Waals surface area contributed by atoms with Crippen molar-refractivity contribution in [1.29, 1.82) is 0 Å². The Morgan fingerprint density at radius 3 is 2.32 bits per heavy atom. The topological polar surface area (TPSA) is 123 Å². The summed E-state index contributed by atoms with van der Waals surface area (Å²) in [6, 6.07) is 19.2. The van der Waals surface area contributed by atoms with E-state index in [2.05, 4.69) is 0 Å². The van der Waals surface area contributed by atoms with Crippen LogP contribution in [0.3, 0.4) is 0 Å². The molecule has 1 fully saturated rings. The minimum absolute atomic E-state index is 0.0228. The zero-order valence-corrected chi connectivity index (χ0v) is 24.4. The van der Waals surface area contributed by atoms with E-state index in [0.29, 0.717) is 29.6 Å². The predicted octanol–water partition coefficient (Wildman–Crippen LogP) is 4.91. The minimum Gasteiger partial charge on any atom is -0.491 e. The largest absolute Gasteiger partial charge is 0.491 e. The zero-order valence-electron chi connectivity index (χ0n) is 22.8. The van der Waals surface area contributed by atoms with Gasteiger partial charge < -0.3 is 14.4 Å². The van der Waals surface area contributed by atoms with Crippen molar-refractivity contribution in [3.05, 3.63) is 84.6 Å². The molecule has 0 amide bonds. The van der Waals surface area contributed by atoms with Gasteiger partial charge in [0.15, 0.2) is 0 Å². The number of hydrogen-bond acceptors (Lipinski definition) is 6. The Labute approximate surface area is 240 Å². The van der Waals surface area contributed by atoms with Gasteiger partial charge in [-0.1, -0.05) is 31.2 Å². The molecule has 1 aromatic heterocycles. The van der Waals surface area contributed by atoms with Gasteiger partial charge in [0.2, 0.25) is 19.9 Å². The Morgan fingerprint density at radius 2 is 1.66 bits per heavy atom. The molecule has 41 heavy (non-hydrogen) atoms. The molecule has 4 aromatic rings. The van der Waals surface area contributed by atoms with Crippen molar-refractivity contribution < 1.29 is 31.5 Å². The first kappa shape index (κ1) is 28.8. The SMILES string of the molecule is CCC(C)Oc1ccc(S(=O)(=O)N2CCC(c3cn(CC(=O)O)c4cc(S(=O)(=O)c5ccccc5)ccc34)C2)cc1. The van der Waals surface area contributed by atoms with Crippen LogP contribution in [0.15, 0.2) is 93.7 Å². The zero-order chi connectivity index (χ0) is 29.4. The van der Waals surface area contributed by atoms with Gasteiger partial charge in [-0.25, -0.2) is 16.8 Å². The van der Waals surface area contributed by atoms with Gasteiger partial charge >= 0.3 is 5.97 Å². The van der Waals surface area contributed by atoms with Crippen LogP contribution in [0.1, 0.15) is 38.2 Å². The van der Waals surface area contributed by atoms with Crippen LogP contribution >= 0.6 is 0 Å². The Kier molecular flexibility index (Phi) is 7.95. The van der Waals surface area contributed by atoms with Gasteiger partial charge in [-0.15, -0.1) is 0 Å². The van der Waals surface area contributed by atoms with Crippen LogP contribution in [0.5, 0.6) is 5.75 Å². The Bertz CT molecular complexity index is 1780. The Morgan fingerprint density at radius 1 is 0.976 bits per heavy atom. The molecular formula is C30H32N2O7S2. The number of ether oxygens (including phenoxy) is 1. The number of fused-ring (bicyclic) bond motifs is 1. The van der Waals surface area contributed by atoms with E-state index >= 15 is 0 Å². The van der Waals surface area contributed by atoms with Gasteiger partial charge in [0.1, 0.15) is 12.3 Å². The number of carboxylic acid groups (broad SMARTS) is 1. The van der Waals surface area contributed by atoms with Crippen LogP contribution in [-0.2, 0) is 31.2 Å². The number of sulfonamides is 1. The summed E-state index contributed by atoms with van der Waals surface area (Å²) >= 11 is 0. The highest BCUT2D eigenvalue weighted by Gasteiger charge is 2.35. The van der Waals surface area contributed by atoms with Gasteiger partial charge in [0, 0.05) is 30.6 Å². The highest BCUT2D eigenvalue weighted by Crippen LogP contribution is 2.37. The lowest BCUT2D eigenvalue weighted by molar-refractivity contribution is -0.137. The monoisotopic (exact) mass is 596 g/mol. The number of rotatable bonds is 10. The molecule has 0 spiro atoms. The maximum absolute atomic E-state index is 13.4. The fourth-order valence-corrected chi connectivity index (χ4v) is 7.96. The van der Waals surface area contributed by atoms with Crippen molar-refractivity contribution in [2.24, 2.45) is 0 Å². The van der Waals surface area contributed by atoms with E-state index in [0.717, 1.165) is 12.0 Å². The molecule has 5 rings (SSSR count). The molecule has 2 heterocycles. The summed E-state index contributed by atoms with van der Waals surface area (Å²) < 4.78 is 62.1. The van der Waals surface area contributed by atoms with E-state index in [1.165, 1.54) is 33.1 Å². The number of carboxylic acids is 1. The summed E-state index contributed by atoms with van der Waals surface area (Å²) in [7, 11) is -7.57. The second-order valence-corrected chi connectivity index (χ2v) is 14.1. The van der Waals surface area contributed by atoms with Crippen molar-refractivity contribution >= 4 is 36.7 Å². The number of aromatic nitrogens is 1. The van der Waals surface area contributed by atoms with Crippen LogP contribution in [0.2, 0.25) is 0 Å². The highest BCUT2D eigenvalue weighted by molar-refractivity contribution is 7.91. The fraction of sp³-hybridized carbons (Fsp3) is 0.300. The third-order valence-electron chi connectivity index (χ3n) is 7.52. The molecule has 0 radical (unpaired) electrons. The number of benzene rings is 3. The molecule has 9 nitrogen and oxygen atoms in total. The van der Waals surface area contributed by atoms with Crippen molar-refractivity contribution in [3.63, 3.8) is 0 Å². The van der Waals surface area contributed by atoms with Crippen LogP contribution in [-0.4, -0.2) is 56.0 Å². The van der Waals surface area contributed by atoms with E-state index < -0.39 is 25.8 Å². The fourth-order valence-electron chi connectivity index (χ4n) is 5.16. The lowest BCUT2D eigenvalue weighted by atomic mass is 9.98. The van der Waals surface area contributed by atoms with Crippen molar-refractivity contribution in [2.75, 3.05) is 13.1 Å². The summed E-state index contributed by atoms with van der Waals surface area (Å²) in [5.41, 5.74) is 1.26. The average Bonchev–Trinajstić information content (AvgIpc) is 3.59. The standard InChI is InChI=1S/C30H32N2O7S2/c1-3-21(2)39-23-9-11-25(12-10-23)41(37,38)32-16-15-22(18-32)28-19-31(20-30(33)34)29-17-26(13-14-27(28)29)40(35,36)24-7-5-4-6-8-24/h4-14,17,19,21-22H,3,15-16,18,20H2,1-2H3,(H,33,34). The minimum atomic E-state index is -3.81. The molecule has 1 N–H and O–H groups in total. The van der Waals surface area contributed by atoms with Crippen molar-refractivity contribution in [3.8, 4) is 5.75 Å². The van der Waals surface area contributed by atoms with Crippen LogP contribution < -0.4 is 4.74 Å². The highest BCUT2D eigenvalue weighted by atomic mass is 32.2. The average molecular weight is 597 g/mol. The molecule has 2 atom stereocenters. The van der Waals surface area contributed by atoms with Crippen molar-refractivity contribution in [1.82, 2.24) is 8.87 Å². The summed E-state index contributed by atoms with van der Waals surface area (Å²) in [6.45, 7) is 4.14.